The van der Waals surface area contributed by atoms with Gasteiger partial charge in [0.05, 0.1) is 17.8 Å². The highest BCUT2D eigenvalue weighted by Crippen LogP contribution is 2.38. The molecule has 1 aliphatic carbocycles. The first-order valence-corrected chi connectivity index (χ1v) is 13.0. The van der Waals surface area contributed by atoms with Gasteiger partial charge in [-0.1, -0.05) is 48.5 Å². The van der Waals surface area contributed by atoms with Gasteiger partial charge in [0.1, 0.15) is 17.3 Å². The Morgan fingerprint density at radius 3 is 1.74 bits per heavy atom. The van der Waals surface area contributed by atoms with E-state index in [1.54, 1.807) is 97.0 Å². The van der Waals surface area contributed by atoms with E-state index in [9.17, 15) is 19.2 Å². The third-order valence-corrected chi connectivity index (χ3v) is 6.26. The fourth-order valence-corrected chi connectivity index (χ4v) is 4.47. The fourth-order valence-electron chi connectivity index (χ4n) is 4.47. The van der Waals surface area contributed by atoms with Crippen molar-refractivity contribution in [3.8, 4) is 0 Å². The van der Waals surface area contributed by atoms with Crippen molar-refractivity contribution in [1.82, 2.24) is 0 Å². The number of hydrogen-bond acceptors (Lipinski definition) is 7. The Morgan fingerprint density at radius 2 is 1.24 bits per heavy atom. The van der Waals surface area contributed by atoms with Crippen LogP contribution in [0.3, 0.4) is 0 Å². The van der Waals surface area contributed by atoms with E-state index in [1.165, 1.54) is 0 Å². The van der Waals surface area contributed by atoms with Crippen LogP contribution in [0.15, 0.2) is 54.6 Å². The van der Waals surface area contributed by atoms with Crippen molar-refractivity contribution < 1.29 is 33.4 Å². The smallest absolute Gasteiger partial charge is 0.313 e. The molecule has 3 rings (SSSR count). The van der Waals surface area contributed by atoms with Gasteiger partial charge in [-0.3, -0.25) is 19.2 Å². The van der Waals surface area contributed by atoms with Gasteiger partial charge in [0.25, 0.3) is 0 Å². The predicted molar refractivity (Wildman–Crippen MR) is 143 cm³/mol. The van der Waals surface area contributed by atoms with Crippen molar-refractivity contribution in [2.75, 3.05) is 0 Å². The molecule has 0 heterocycles. The molecule has 0 amide bonds. The first-order chi connectivity index (χ1) is 17.6. The Bertz CT molecular complexity index is 1130. The normalized spacial score (nSPS) is 20.3. The van der Waals surface area contributed by atoms with Gasteiger partial charge in [-0.05, 0) is 72.9 Å². The van der Waals surface area contributed by atoms with E-state index in [1.807, 2.05) is 6.07 Å². The highest BCUT2D eigenvalue weighted by Gasteiger charge is 2.47. The van der Waals surface area contributed by atoms with Crippen LogP contribution in [0.4, 0.5) is 0 Å². The Labute approximate surface area is 224 Å². The van der Waals surface area contributed by atoms with Crippen LogP contribution in [-0.2, 0) is 28.6 Å². The molecule has 38 heavy (non-hydrogen) atoms. The SMILES string of the molecule is C[C@H](C(=O)O[C@H]1CC(C(=O)OC(C)(C)C)[C@H](C(=O)OC(C)(C)C)C1)c1cccc(C(=O)c2ccccc2)c1. The summed E-state index contributed by atoms with van der Waals surface area (Å²) >= 11 is 0. The minimum absolute atomic E-state index is 0.135. The van der Waals surface area contributed by atoms with E-state index in [0.717, 1.165) is 0 Å². The fraction of sp³-hybridized carbons (Fsp3) is 0.484. The molecule has 7 nitrogen and oxygen atoms in total. The van der Waals surface area contributed by atoms with Gasteiger partial charge in [0.15, 0.2) is 5.78 Å². The van der Waals surface area contributed by atoms with E-state index in [2.05, 4.69) is 0 Å². The largest absolute Gasteiger partial charge is 0.462 e. The summed E-state index contributed by atoms with van der Waals surface area (Å²) in [6, 6.07) is 15.9. The molecule has 1 unspecified atom stereocenters. The summed E-state index contributed by atoms with van der Waals surface area (Å²) in [4.78, 5) is 51.9. The molecule has 0 aliphatic heterocycles. The molecule has 1 aliphatic rings. The molecule has 1 fully saturated rings. The van der Waals surface area contributed by atoms with Crippen molar-refractivity contribution >= 4 is 23.7 Å². The van der Waals surface area contributed by atoms with Gasteiger partial charge in [-0.15, -0.1) is 0 Å². The average molecular weight is 523 g/mol. The van der Waals surface area contributed by atoms with Crippen LogP contribution in [0.2, 0.25) is 0 Å². The molecular formula is C31H38O7. The third-order valence-electron chi connectivity index (χ3n) is 6.26. The summed E-state index contributed by atoms with van der Waals surface area (Å²) in [5.41, 5.74) is 0.237. The van der Waals surface area contributed by atoms with Gasteiger partial charge < -0.3 is 14.2 Å². The molecule has 4 atom stereocenters. The number of benzene rings is 2. The lowest BCUT2D eigenvalue weighted by atomic mass is 9.95. The monoisotopic (exact) mass is 522 g/mol. The highest BCUT2D eigenvalue weighted by molar-refractivity contribution is 6.09. The summed E-state index contributed by atoms with van der Waals surface area (Å²) in [7, 11) is 0. The molecule has 7 heteroatoms. The van der Waals surface area contributed by atoms with Crippen LogP contribution in [0.1, 0.15) is 88.7 Å². The van der Waals surface area contributed by atoms with Crippen LogP contribution >= 0.6 is 0 Å². The number of ketones is 1. The summed E-state index contributed by atoms with van der Waals surface area (Å²) in [6.07, 6.45) is -0.303. The van der Waals surface area contributed by atoms with Crippen molar-refractivity contribution in [1.29, 1.82) is 0 Å². The maximum absolute atomic E-state index is 13.1. The number of rotatable bonds is 7. The Morgan fingerprint density at radius 1 is 0.737 bits per heavy atom. The molecule has 0 bridgehead atoms. The van der Waals surface area contributed by atoms with E-state index >= 15 is 0 Å². The second-order valence-electron chi connectivity index (χ2n) is 11.9. The second kappa shape index (κ2) is 11.5. The van der Waals surface area contributed by atoms with Gasteiger partial charge in [0.2, 0.25) is 0 Å². The Balaban J connectivity index is 1.73. The number of esters is 3. The topological polar surface area (TPSA) is 96.0 Å². The van der Waals surface area contributed by atoms with Crippen LogP contribution in [0.5, 0.6) is 0 Å². The standard InChI is InChI=1S/C31H38O7/c1-19(21-14-11-15-22(16-21)26(32)20-12-9-8-10-13-20)27(33)36-23-17-24(28(34)37-30(2,3)4)25(18-23)29(35)38-31(5,6)7/h8-16,19,23-25H,17-18H2,1-7H3/t19-,23-,24?,25+/m0/s1. The number of hydrogen-bond donors (Lipinski definition) is 0. The lowest BCUT2D eigenvalue weighted by Crippen LogP contribution is -2.36. The zero-order valence-corrected chi connectivity index (χ0v) is 23.3. The summed E-state index contributed by atoms with van der Waals surface area (Å²) < 4.78 is 16.9. The van der Waals surface area contributed by atoms with E-state index in [0.29, 0.717) is 16.7 Å². The molecule has 2 aromatic carbocycles. The summed E-state index contributed by atoms with van der Waals surface area (Å²) in [6.45, 7) is 12.3. The molecule has 1 saturated carbocycles. The predicted octanol–water partition coefficient (Wildman–Crippen LogP) is 5.64. The van der Waals surface area contributed by atoms with Crippen molar-refractivity contribution in [2.45, 2.75) is 84.5 Å². The second-order valence-corrected chi connectivity index (χ2v) is 11.9. The number of carbonyl (C=O) groups excluding carboxylic acids is 4. The first-order valence-electron chi connectivity index (χ1n) is 13.0. The molecule has 0 aromatic heterocycles. The van der Waals surface area contributed by atoms with Crippen LogP contribution in [0.25, 0.3) is 0 Å². The minimum atomic E-state index is -0.774. The summed E-state index contributed by atoms with van der Waals surface area (Å²) in [5.74, 6) is -3.84. The van der Waals surface area contributed by atoms with E-state index in [4.69, 9.17) is 14.2 Å². The van der Waals surface area contributed by atoms with Gasteiger partial charge >= 0.3 is 17.9 Å². The van der Waals surface area contributed by atoms with Crippen molar-refractivity contribution in [3.63, 3.8) is 0 Å². The number of carbonyl (C=O) groups is 4. The highest BCUT2D eigenvalue weighted by atomic mass is 16.6. The lowest BCUT2D eigenvalue weighted by Gasteiger charge is -2.26. The molecule has 0 N–H and O–H groups in total. The number of ether oxygens (including phenoxy) is 3. The van der Waals surface area contributed by atoms with Crippen molar-refractivity contribution in [3.05, 3.63) is 71.3 Å². The zero-order chi connectivity index (χ0) is 28.3. The van der Waals surface area contributed by atoms with Gasteiger partial charge in [0, 0.05) is 11.1 Å². The zero-order valence-electron chi connectivity index (χ0n) is 23.3. The van der Waals surface area contributed by atoms with Crippen LogP contribution in [-0.4, -0.2) is 41.0 Å². The molecule has 0 saturated heterocycles. The van der Waals surface area contributed by atoms with Crippen LogP contribution in [0, 0.1) is 11.8 Å². The van der Waals surface area contributed by atoms with Crippen LogP contribution < -0.4 is 0 Å². The Hall–Kier alpha value is -3.48. The van der Waals surface area contributed by atoms with Gasteiger partial charge in [-0.2, -0.15) is 0 Å². The maximum Gasteiger partial charge on any atom is 0.313 e. The molecule has 204 valence electrons. The molecule has 2 aromatic rings. The molecular weight excluding hydrogens is 484 g/mol. The first kappa shape index (κ1) is 29.1. The molecule has 0 spiro atoms. The minimum Gasteiger partial charge on any atom is -0.462 e. The summed E-state index contributed by atoms with van der Waals surface area (Å²) in [5, 5.41) is 0. The Kier molecular flexibility index (Phi) is 8.80. The average Bonchev–Trinajstić information content (AvgIpc) is 3.26. The quantitative estimate of drug-likeness (QED) is 0.264. The lowest BCUT2D eigenvalue weighted by molar-refractivity contribution is -0.171. The molecule has 0 radical (unpaired) electrons. The van der Waals surface area contributed by atoms with E-state index < -0.39 is 53.0 Å². The maximum atomic E-state index is 13.1. The van der Waals surface area contributed by atoms with Crippen molar-refractivity contribution in [2.24, 2.45) is 11.8 Å². The third kappa shape index (κ3) is 7.76. The van der Waals surface area contributed by atoms with Gasteiger partial charge in [-0.25, -0.2) is 0 Å². The van der Waals surface area contributed by atoms with E-state index in [-0.39, 0.29) is 18.6 Å².